The molecule has 1 heterocycles. The maximum Gasteiger partial charge on any atom is -0.00129 e. The van der Waals surface area contributed by atoms with E-state index in [0.717, 1.165) is 5.92 Å². The number of likely N-dealkylation sites (tertiary alicyclic amines) is 1. The van der Waals surface area contributed by atoms with Crippen molar-refractivity contribution in [2.45, 2.75) is 38.5 Å². The van der Waals surface area contributed by atoms with Gasteiger partial charge in [0.05, 0.1) is 0 Å². The summed E-state index contributed by atoms with van der Waals surface area (Å²) in [4.78, 5) is 2.63. The molecule has 0 aliphatic carbocycles. The highest BCUT2D eigenvalue weighted by Gasteiger charge is 2.19. The number of nitrogens with zero attached hydrogens (tertiary/aromatic N) is 1. The number of rotatable bonds is 4. The lowest BCUT2D eigenvalue weighted by Crippen LogP contribution is -2.33. The summed E-state index contributed by atoms with van der Waals surface area (Å²) in [5.74, 6) is 0.805. The van der Waals surface area contributed by atoms with Crippen LogP contribution in [0.2, 0.25) is 0 Å². The van der Waals surface area contributed by atoms with Gasteiger partial charge in [0.25, 0.3) is 0 Å². The molecular formula is C15H23N. The molecule has 1 aromatic carbocycles. The minimum absolute atomic E-state index is 0.805. The van der Waals surface area contributed by atoms with Crippen molar-refractivity contribution in [1.82, 2.24) is 4.90 Å². The van der Waals surface area contributed by atoms with Gasteiger partial charge in [-0.3, -0.25) is 0 Å². The van der Waals surface area contributed by atoms with Gasteiger partial charge in [-0.25, -0.2) is 0 Å². The highest BCUT2D eigenvalue weighted by molar-refractivity contribution is 5.19. The van der Waals surface area contributed by atoms with Gasteiger partial charge in [-0.1, -0.05) is 43.7 Å². The van der Waals surface area contributed by atoms with Crippen LogP contribution in [0.25, 0.3) is 0 Å². The summed E-state index contributed by atoms with van der Waals surface area (Å²) in [6.07, 6.45) is 5.36. The molecule has 0 N–H and O–H groups in total. The van der Waals surface area contributed by atoms with Crippen LogP contribution in [-0.2, 0) is 0 Å². The zero-order chi connectivity index (χ0) is 11.2. The molecule has 1 nitrogen and oxygen atoms in total. The number of piperidine rings is 1. The largest absolute Gasteiger partial charge is 0.303 e. The Morgan fingerprint density at radius 2 is 1.81 bits per heavy atom. The van der Waals surface area contributed by atoms with Crippen LogP contribution in [0.3, 0.4) is 0 Å². The molecule has 0 atom stereocenters. The third kappa shape index (κ3) is 3.08. The molecule has 0 aromatic heterocycles. The topological polar surface area (TPSA) is 3.24 Å². The van der Waals surface area contributed by atoms with Crippen LogP contribution in [0.4, 0.5) is 0 Å². The van der Waals surface area contributed by atoms with Gasteiger partial charge >= 0.3 is 0 Å². The molecule has 1 fully saturated rings. The molecule has 0 bridgehead atoms. The molecule has 0 amide bonds. The van der Waals surface area contributed by atoms with E-state index in [4.69, 9.17) is 0 Å². The predicted octanol–water partition coefficient (Wildman–Crippen LogP) is 3.67. The zero-order valence-electron chi connectivity index (χ0n) is 10.4. The number of benzene rings is 1. The fourth-order valence-electron chi connectivity index (χ4n) is 2.60. The Bertz CT molecular complexity index is 286. The number of hydrogen-bond acceptors (Lipinski definition) is 1. The van der Waals surface area contributed by atoms with Crippen molar-refractivity contribution >= 4 is 0 Å². The van der Waals surface area contributed by atoms with Crippen molar-refractivity contribution in [1.29, 1.82) is 0 Å². The Morgan fingerprint density at radius 1 is 1.12 bits per heavy atom. The van der Waals surface area contributed by atoms with Crippen molar-refractivity contribution in [3.05, 3.63) is 35.9 Å². The van der Waals surface area contributed by atoms with Gasteiger partial charge in [-0.2, -0.15) is 0 Å². The Balaban J connectivity index is 1.81. The minimum Gasteiger partial charge on any atom is -0.303 e. The lowest BCUT2D eigenvalue weighted by Gasteiger charge is -2.32. The van der Waals surface area contributed by atoms with E-state index in [1.54, 1.807) is 0 Å². The monoisotopic (exact) mass is 217 g/mol. The Kier molecular flexibility index (Phi) is 4.41. The summed E-state index contributed by atoms with van der Waals surface area (Å²) in [5, 5.41) is 0. The molecular weight excluding hydrogens is 194 g/mol. The quantitative estimate of drug-likeness (QED) is 0.744. The first-order chi connectivity index (χ1) is 7.90. The average Bonchev–Trinajstić information content (AvgIpc) is 2.38. The molecule has 0 spiro atoms. The van der Waals surface area contributed by atoms with Crippen molar-refractivity contribution in [2.24, 2.45) is 0 Å². The van der Waals surface area contributed by atoms with Crippen LogP contribution in [0.1, 0.15) is 44.1 Å². The van der Waals surface area contributed by atoms with Crippen molar-refractivity contribution in [3.8, 4) is 0 Å². The van der Waals surface area contributed by atoms with E-state index in [1.807, 2.05) is 0 Å². The van der Waals surface area contributed by atoms with Crippen LogP contribution in [0.15, 0.2) is 30.3 Å². The number of hydrogen-bond donors (Lipinski definition) is 0. The van der Waals surface area contributed by atoms with Gasteiger partial charge in [-0.05, 0) is 50.4 Å². The van der Waals surface area contributed by atoms with Gasteiger partial charge in [0.1, 0.15) is 0 Å². The Labute approximate surface area is 99.5 Å². The molecule has 1 aliphatic heterocycles. The van der Waals surface area contributed by atoms with E-state index in [2.05, 4.69) is 42.2 Å². The molecule has 0 unspecified atom stereocenters. The second kappa shape index (κ2) is 6.05. The summed E-state index contributed by atoms with van der Waals surface area (Å²) >= 11 is 0. The average molecular weight is 217 g/mol. The van der Waals surface area contributed by atoms with Gasteiger partial charge in [-0.15, -0.1) is 0 Å². The summed E-state index contributed by atoms with van der Waals surface area (Å²) < 4.78 is 0. The SMILES string of the molecule is CCCCN1CCC(c2ccccc2)CC1. The molecule has 2 rings (SSSR count). The molecule has 88 valence electrons. The Morgan fingerprint density at radius 3 is 2.44 bits per heavy atom. The normalized spacial score (nSPS) is 18.8. The van der Waals surface area contributed by atoms with Gasteiger partial charge in [0, 0.05) is 0 Å². The lowest BCUT2D eigenvalue weighted by atomic mass is 9.89. The zero-order valence-corrected chi connectivity index (χ0v) is 10.4. The Hall–Kier alpha value is -0.820. The van der Waals surface area contributed by atoms with E-state index in [-0.39, 0.29) is 0 Å². The van der Waals surface area contributed by atoms with Gasteiger partial charge < -0.3 is 4.90 Å². The number of unbranched alkanes of at least 4 members (excludes halogenated alkanes) is 1. The highest BCUT2D eigenvalue weighted by Crippen LogP contribution is 2.27. The van der Waals surface area contributed by atoms with Gasteiger partial charge in [0.15, 0.2) is 0 Å². The summed E-state index contributed by atoms with van der Waals surface area (Å²) in [6.45, 7) is 6.16. The molecule has 16 heavy (non-hydrogen) atoms. The summed E-state index contributed by atoms with van der Waals surface area (Å²) in [7, 11) is 0. The van der Waals surface area contributed by atoms with E-state index < -0.39 is 0 Å². The smallest absolute Gasteiger partial charge is 0.00129 e. The maximum atomic E-state index is 2.63. The summed E-state index contributed by atoms with van der Waals surface area (Å²) in [6, 6.07) is 11.0. The second-order valence-corrected chi connectivity index (χ2v) is 4.88. The van der Waals surface area contributed by atoms with Crippen LogP contribution in [0.5, 0.6) is 0 Å². The minimum atomic E-state index is 0.805. The fourth-order valence-corrected chi connectivity index (χ4v) is 2.60. The molecule has 0 saturated carbocycles. The third-order valence-corrected chi connectivity index (χ3v) is 3.69. The van der Waals surface area contributed by atoms with Crippen LogP contribution < -0.4 is 0 Å². The first-order valence-corrected chi connectivity index (χ1v) is 6.67. The molecule has 1 aromatic rings. The molecule has 1 saturated heterocycles. The summed E-state index contributed by atoms with van der Waals surface area (Å²) in [5.41, 5.74) is 1.54. The molecule has 1 heteroatoms. The molecule has 0 radical (unpaired) electrons. The first kappa shape index (κ1) is 11.7. The lowest BCUT2D eigenvalue weighted by molar-refractivity contribution is 0.209. The van der Waals surface area contributed by atoms with Crippen molar-refractivity contribution < 1.29 is 0 Å². The fraction of sp³-hybridized carbons (Fsp3) is 0.600. The predicted molar refractivity (Wildman–Crippen MR) is 69.8 cm³/mol. The first-order valence-electron chi connectivity index (χ1n) is 6.67. The third-order valence-electron chi connectivity index (χ3n) is 3.69. The standard InChI is InChI=1S/C15H23N/c1-2-3-11-16-12-9-15(10-13-16)14-7-5-4-6-8-14/h4-8,15H,2-3,9-13H2,1H3. The van der Waals surface area contributed by atoms with E-state index in [1.165, 1.54) is 50.9 Å². The van der Waals surface area contributed by atoms with E-state index >= 15 is 0 Å². The van der Waals surface area contributed by atoms with Crippen molar-refractivity contribution in [3.63, 3.8) is 0 Å². The van der Waals surface area contributed by atoms with E-state index in [0.29, 0.717) is 0 Å². The maximum absolute atomic E-state index is 2.63. The van der Waals surface area contributed by atoms with E-state index in [9.17, 15) is 0 Å². The second-order valence-electron chi connectivity index (χ2n) is 4.88. The van der Waals surface area contributed by atoms with Gasteiger partial charge in [0.2, 0.25) is 0 Å². The van der Waals surface area contributed by atoms with Crippen molar-refractivity contribution in [2.75, 3.05) is 19.6 Å². The molecule has 1 aliphatic rings. The van der Waals surface area contributed by atoms with Crippen LogP contribution in [0, 0.1) is 0 Å². The van der Waals surface area contributed by atoms with Crippen LogP contribution >= 0.6 is 0 Å². The highest BCUT2D eigenvalue weighted by atomic mass is 15.1. The van der Waals surface area contributed by atoms with Crippen LogP contribution in [-0.4, -0.2) is 24.5 Å².